The maximum atomic E-state index is 12.4. The lowest BCUT2D eigenvalue weighted by molar-refractivity contribution is -0.0366. The summed E-state index contributed by atoms with van der Waals surface area (Å²) in [5.41, 5.74) is 4.60. The highest BCUT2D eigenvalue weighted by molar-refractivity contribution is 5.95. The number of anilines is 1. The third-order valence-corrected chi connectivity index (χ3v) is 9.17. The zero-order valence-corrected chi connectivity index (χ0v) is 26.4. The van der Waals surface area contributed by atoms with Crippen LogP contribution in [0.5, 0.6) is 5.75 Å². The van der Waals surface area contributed by atoms with Gasteiger partial charge in [0.1, 0.15) is 6.10 Å². The summed E-state index contributed by atoms with van der Waals surface area (Å²) >= 11 is 0. The van der Waals surface area contributed by atoms with Gasteiger partial charge >= 0.3 is 5.97 Å². The van der Waals surface area contributed by atoms with Crippen LogP contribution in [0, 0.1) is 0 Å². The molecule has 6 aromatic rings. The standard InChI is InChI=1S/C36H34N6O6/c1-21(27-19-29-24(17-30(27)40-14-7-13-37-40)20-38-42(29)32-10-5-6-15-47-32)48-31-18-23-16-22(36(45)46-2)11-12-28(23)39-33(31)41-34(43)25-8-3-4-9-26(25)35(41)44/h3-4,7-9,11-14,16-21,32,34-35,43-44H,5-6,10,15H2,1-2H3. The molecule has 4 atom stereocenters. The molecule has 2 aliphatic rings. The van der Waals surface area contributed by atoms with Gasteiger partial charge in [-0.1, -0.05) is 24.3 Å². The number of benzene rings is 3. The number of pyridine rings is 1. The van der Waals surface area contributed by atoms with Crippen molar-refractivity contribution < 1.29 is 29.2 Å². The Bertz CT molecular complexity index is 2110. The van der Waals surface area contributed by atoms with Crippen molar-refractivity contribution in [2.24, 2.45) is 0 Å². The van der Waals surface area contributed by atoms with Crippen molar-refractivity contribution in [2.75, 3.05) is 18.6 Å². The summed E-state index contributed by atoms with van der Waals surface area (Å²) < 4.78 is 21.5. The van der Waals surface area contributed by atoms with E-state index in [9.17, 15) is 15.0 Å². The molecule has 0 bridgehead atoms. The largest absolute Gasteiger partial charge is 0.482 e. The Kier molecular flexibility index (Phi) is 7.55. The summed E-state index contributed by atoms with van der Waals surface area (Å²) in [6.07, 6.45) is 5.33. The SMILES string of the molecule is COC(=O)c1ccc2nc(N3C(O)c4ccccc4C3O)c(OC(C)c3cc4c(cnn4C4CCCCO4)cc3-n3cccn3)cc2c1. The van der Waals surface area contributed by atoms with E-state index in [1.165, 1.54) is 12.0 Å². The highest BCUT2D eigenvalue weighted by Crippen LogP contribution is 2.46. The molecule has 4 unspecified atom stereocenters. The van der Waals surface area contributed by atoms with Crippen LogP contribution in [0.2, 0.25) is 0 Å². The lowest BCUT2D eigenvalue weighted by Crippen LogP contribution is -2.27. The summed E-state index contributed by atoms with van der Waals surface area (Å²) in [7, 11) is 1.33. The zero-order chi connectivity index (χ0) is 32.9. The van der Waals surface area contributed by atoms with Crippen molar-refractivity contribution >= 4 is 33.6 Å². The minimum Gasteiger partial charge on any atom is -0.482 e. The topological polar surface area (TPSA) is 137 Å². The molecule has 0 radical (unpaired) electrons. The van der Waals surface area contributed by atoms with Crippen LogP contribution in [0.4, 0.5) is 5.82 Å². The second-order valence-corrected chi connectivity index (χ2v) is 12.1. The number of aromatic nitrogens is 5. The number of hydrogen-bond acceptors (Lipinski definition) is 10. The van der Waals surface area contributed by atoms with Gasteiger partial charge in [0.25, 0.3) is 0 Å². The Morgan fingerprint density at radius 3 is 2.50 bits per heavy atom. The van der Waals surface area contributed by atoms with Crippen molar-refractivity contribution in [1.29, 1.82) is 0 Å². The van der Waals surface area contributed by atoms with Crippen LogP contribution in [0.15, 0.2) is 85.3 Å². The number of rotatable bonds is 7. The molecule has 1 saturated heterocycles. The van der Waals surface area contributed by atoms with Gasteiger partial charge in [-0.05, 0) is 68.7 Å². The minimum atomic E-state index is -1.17. The molecule has 244 valence electrons. The van der Waals surface area contributed by atoms with Gasteiger partial charge in [-0.3, -0.25) is 4.90 Å². The molecule has 3 aromatic carbocycles. The lowest BCUT2D eigenvalue weighted by atomic mass is 10.0. The Morgan fingerprint density at radius 2 is 1.79 bits per heavy atom. The molecule has 2 N–H and O–H groups in total. The fourth-order valence-corrected chi connectivity index (χ4v) is 6.74. The molecule has 48 heavy (non-hydrogen) atoms. The fraction of sp³-hybridized carbons (Fsp3) is 0.278. The van der Waals surface area contributed by atoms with E-state index in [1.807, 2.05) is 48.3 Å². The van der Waals surface area contributed by atoms with Crippen molar-refractivity contribution in [1.82, 2.24) is 24.5 Å². The van der Waals surface area contributed by atoms with Crippen LogP contribution in [0.3, 0.4) is 0 Å². The highest BCUT2D eigenvalue weighted by atomic mass is 16.5. The summed E-state index contributed by atoms with van der Waals surface area (Å²) in [6.45, 7) is 2.62. The van der Waals surface area contributed by atoms with Crippen molar-refractivity contribution in [3.05, 3.63) is 108 Å². The predicted molar refractivity (Wildman–Crippen MR) is 177 cm³/mol. The number of carbonyl (C=O) groups is 1. The van der Waals surface area contributed by atoms with E-state index in [0.29, 0.717) is 39.9 Å². The zero-order valence-electron chi connectivity index (χ0n) is 26.4. The second kappa shape index (κ2) is 12.1. The average Bonchev–Trinajstić information content (AvgIpc) is 3.86. The van der Waals surface area contributed by atoms with Crippen molar-refractivity contribution in [2.45, 2.75) is 51.0 Å². The number of carbonyl (C=O) groups excluding carboxylic acids is 1. The summed E-state index contributed by atoms with van der Waals surface area (Å²) in [5, 5.41) is 33.7. The molecule has 0 aliphatic carbocycles. The molecular formula is C36H34N6O6. The first kappa shape index (κ1) is 30.1. The van der Waals surface area contributed by atoms with Crippen molar-refractivity contribution in [3.8, 4) is 11.4 Å². The van der Waals surface area contributed by atoms with Crippen LogP contribution >= 0.6 is 0 Å². The van der Waals surface area contributed by atoms with Gasteiger partial charge in [0.15, 0.2) is 30.3 Å². The van der Waals surface area contributed by atoms with Gasteiger partial charge in [-0.25, -0.2) is 19.1 Å². The van der Waals surface area contributed by atoms with Gasteiger partial charge in [-0.15, -0.1) is 0 Å². The van der Waals surface area contributed by atoms with Crippen LogP contribution in [-0.4, -0.2) is 54.4 Å². The van der Waals surface area contributed by atoms with E-state index in [4.69, 9.17) is 24.3 Å². The number of ether oxygens (including phenoxy) is 3. The molecule has 3 aromatic heterocycles. The smallest absolute Gasteiger partial charge is 0.337 e. The van der Waals surface area contributed by atoms with E-state index < -0.39 is 24.5 Å². The first-order chi connectivity index (χ1) is 23.4. The molecule has 0 saturated carbocycles. The summed E-state index contributed by atoms with van der Waals surface area (Å²) in [5.74, 6) is 0.0747. The monoisotopic (exact) mass is 646 g/mol. The average molecular weight is 647 g/mol. The number of nitrogens with zero attached hydrogens (tertiary/aromatic N) is 6. The molecule has 0 amide bonds. The molecule has 5 heterocycles. The van der Waals surface area contributed by atoms with E-state index >= 15 is 0 Å². The number of aliphatic hydroxyl groups excluding tert-OH is 2. The van der Waals surface area contributed by atoms with Crippen LogP contribution in [0.25, 0.3) is 27.5 Å². The van der Waals surface area contributed by atoms with Gasteiger partial charge in [0, 0.05) is 46.5 Å². The number of esters is 1. The maximum Gasteiger partial charge on any atom is 0.337 e. The molecular weight excluding hydrogens is 612 g/mol. The Labute approximate surface area is 275 Å². The van der Waals surface area contributed by atoms with Crippen LogP contribution in [-0.2, 0) is 9.47 Å². The van der Waals surface area contributed by atoms with Crippen LogP contribution in [0.1, 0.15) is 78.0 Å². The predicted octanol–water partition coefficient (Wildman–Crippen LogP) is 5.90. The second-order valence-electron chi connectivity index (χ2n) is 12.1. The minimum absolute atomic E-state index is 0.157. The lowest BCUT2D eigenvalue weighted by Gasteiger charge is -2.29. The molecule has 0 spiro atoms. The molecule has 1 fully saturated rings. The van der Waals surface area contributed by atoms with Gasteiger partial charge in [-0.2, -0.15) is 10.2 Å². The molecule has 12 heteroatoms. The molecule has 8 rings (SSSR count). The highest BCUT2D eigenvalue weighted by Gasteiger charge is 2.39. The number of hydrogen-bond donors (Lipinski definition) is 2. The normalized spacial score (nSPS) is 19.8. The maximum absolute atomic E-state index is 12.4. The number of aliphatic hydroxyl groups is 2. The first-order valence-corrected chi connectivity index (χ1v) is 16.0. The molecule has 2 aliphatic heterocycles. The Hall–Kier alpha value is -5.30. The van der Waals surface area contributed by atoms with Gasteiger partial charge in [0.05, 0.1) is 35.6 Å². The van der Waals surface area contributed by atoms with Gasteiger partial charge in [0.2, 0.25) is 0 Å². The molecule has 12 nitrogen and oxygen atoms in total. The Balaban J connectivity index is 1.26. The van der Waals surface area contributed by atoms with Gasteiger partial charge < -0.3 is 24.4 Å². The van der Waals surface area contributed by atoms with Crippen molar-refractivity contribution in [3.63, 3.8) is 0 Å². The third-order valence-electron chi connectivity index (χ3n) is 9.17. The summed E-state index contributed by atoms with van der Waals surface area (Å²) in [6, 6.07) is 19.9. The Morgan fingerprint density at radius 1 is 0.979 bits per heavy atom. The first-order valence-electron chi connectivity index (χ1n) is 16.0. The quantitative estimate of drug-likeness (QED) is 0.202. The number of methoxy groups -OCH3 is 1. The van der Waals surface area contributed by atoms with E-state index in [2.05, 4.69) is 11.2 Å². The van der Waals surface area contributed by atoms with Crippen LogP contribution < -0.4 is 9.64 Å². The van der Waals surface area contributed by atoms with E-state index in [1.54, 1.807) is 47.3 Å². The fourth-order valence-electron chi connectivity index (χ4n) is 6.74. The third kappa shape index (κ3) is 5.05. The number of fused-ring (bicyclic) bond motifs is 3. The van der Waals surface area contributed by atoms with E-state index in [0.717, 1.165) is 41.4 Å². The van der Waals surface area contributed by atoms with E-state index in [-0.39, 0.29) is 12.0 Å². The summed E-state index contributed by atoms with van der Waals surface area (Å²) in [4.78, 5) is 18.7.